The van der Waals surface area contributed by atoms with Gasteiger partial charge < -0.3 is 10.5 Å². The first kappa shape index (κ1) is 15.5. The Labute approximate surface area is 128 Å². The Morgan fingerprint density at radius 3 is 2.74 bits per heavy atom. The average molecular weight is 346 g/mol. The van der Waals surface area contributed by atoms with Gasteiger partial charge in [0, 0.05) is 20.8 Å². The van der Waals surface area contributed by atoms with E-state index in [4.69, 9.17) is 10.5 Å². The minimum absolute atomic E-state index is 0.0585. The first-order chi connectivity index (χ1) is 9.20. The average Bonchev–Trinajstić information content (AvgIpc) is 2.86. The molecule has 1 aromatic heterocycles. The van der Waals surface area contributed by atoms with Crippen LogP contribution >= 0.6 is 27.3 Å². The van der Waals surface area contributed by atoms with Crippen molar-refractivity contribution in [3.63, 3.8) is 0 Å². The maximum atomic E-state index is 6.24. The van der Waals surface area contributed by atoms with Crippen molar-refractivity contribution in [2.24, 2.45) is 11.7 Å². The molecule has 0 aromatic carbocycles. The maximum absolute atomic E-state index is 6.24. The fourth-order valence-electron chi connectivity index (χ4n) is 2.70. The van der Waals surface area contributed by atoms with E-state index in [0.29, 0.717) is 0 Å². The van der Waals surface area contributed by atoms with Gasteiger partial charge in [-0.3, -0.25) is 0 Å². The van der Waals surface area contributed by atoms with Crippen LogP contribution in [0.4, 0.5) is 0 Å². The van der Waals surface area contributed by atoms with Crippen LogP contribution in [0.25, 0.3) is 0 Å². The lowest BCUT2D eigenvalue weighted by atomic mass is 9.90. The standard InChI is InChI=1S/C15H24BrNOS/c1-2-13(17)15(14-8-12(16)10-19-14)18-9-11-6-4-3-5-7-11/h8,10-11,13,15H,2-7,9,17H2,1H3. The molecule has 1 aliphatic carbocycles. The van der Waals surface area contributed by atoms with E-state index >= 15 is 0 Å². The molecule has 0 spiro atoms. The first-order valence-electron chi connectivity index (χ1n) is 7.31. The zero-order chi connectivity index (χ0) is 13.7. The van der Waals surface area contributed by atoms with Crippen LogP contribution in [0.5, 0.6) is 0 Å². The van der Waals surface area contributed by atoms with Gasteiger partial charge in [-0.2, -0.15) is 0 Å². The summed E-state index contributed by atoms with van der Waals surface area (Å²) in [6, 6.07) is 2.24. The molecular formula is C15H24BrNOS. The second kappa shape index (κ2) is 7.77. The van der Waals surface area contributed by atoms with Crippen LogP contribution in [-0.4, -0.2) is 12.6 Å². The highest BCUT2D eigenvalue weighted by Gasteiger charge is 2.23. The molecule has 2 atom stereocenters. The highest BCUT2D eigenvalue weighted by molar-refractivity contribution is 9.10. The number of halogens is 1. The number of hydrogen-bond acceptors (Lipinski definition) is 3. The summed E-state index contributed by atoms with van der Waals surface area (Å²) in [4.78, 5) is 1.25. The molecule has 19 heavy (non-hydrogen) atoms. The summed E-state index contributed by atoms with van der Waals surface area (Å²) in [6.07, 6.45) is 7.77. The minimum Gasteiger partial charge on any atom is -0.371 e. The third kappa shape index (κ3) is 4.55. The fourth-order valence-corrected chi connectivity index (χ4v) is 4.27. The Balaban J connectivity index is 1.93. The molecule has 2 nitrogen and oxygen atoms in total. The van der Waals surface area contributed by atoms with Gasteiger partial charge in [-0.25, -0.2) is 0 Å². The largest absolute Gasteiger partial charge is 0.371 e. The van der Waals surface area contributed by atoms with E-state index in [9.17, 15) is 0 Å². The Hall–Kier alpha value is 0.1000. The highest BCUT2D eigenvalue weighted by atomic mass is 79.9. The van der Waals surface area contributed by atoms with Gasteiger partial charge in [0.05, 0.1) is 6.61 Å². The first-order valence-corrected chi connectivity index (χ1v) is 8.99. The molecule has 0 amide bonds. The lowest BCUT2D eigenvalue weighted by molar-refractivity contribution is 0.00638. The molecular weight excluding hydrogens is 322 g/mol. The predicted octanol–water partition coefficient (Wildman–Crippen LogP) is 4.89. The number of hydrogen-bond donors (Lipinski definition) is 1. The Kier molecular flexibility index (Phi) is 6.33. The third-order valence-corrected chi connectivity index (χ3v) is 5.72. The van der Waals surface area contributed by atoms with Gasteiger partial charge >= 0.3 is 0 Å². The van der Waals surface area contributed by atoms with Crippen molar-refractivity contribution >= 4 is 27.3 Å². The summed E-state index contributed by atoms with van der Waals surface area (Å²) in [5.41, 5.74) is 6.24. The number of thiophene rings is 1. The van der Waals surface area contributed by atoms with Gasteiger partial charge in [0.1, 0.15) is 6.10 Å². The van der Waals surface area contributed by atoms with Crippen molar-refractivity contribution in [1.82, 2.24) is 0 Å². The van der Waals surface area contributed by atoms with Crippen molar-refractivity contribution in [3.8, 4) is 0 Å². The van der Waals surface area contributed by atoms with Crippen molar-refractivity contribution in [2.75, 3.05) is 6.61 Å². The SMILES string of the molecule is CCC(N)C(OCC1CCCCC1)c1cc(Br)cs1. The second-order valence-electron chi connectivity index (χ2n) is 5.50. The van der Waals surface area contributed by atoms with Gasteiger partial charge in [-0.1, -0.05) is 26.2 Å². The van der Waals surface area contributed by atoms with E-state index in [-0.39, 0.29) is 12.1 Å². The molecule has 0 radical (unpaired) electrons. The molecule has 108 valence electrons. The summed E-state index contributed by atoms with van der Waals surface area (Å²) >= 11 is 5.25. The van der Waals surface area contributed by atoms with Crippen molar-refractivity contribution < 1.29 is 4.74 Å². The number of rotatable bonds is 6. The quantitative estimate of drug-likeness (QED) is 0.796. The van der Waals surface area contributed by atoms with Crippen LogP contribution in [0.15, 0.2) is 15.9 Å². The molecule has 1 aliphatic rings. The third-order valence-electron chi connectivity index (χ3n) is 3.96. The molecule has 1 heterocycles. The molecule has 4 heteroatoms. The summed E-state index contributed by atoms with van der Waals surface area (Å²) in [6.45, 7) is 3.00. The van der Waals surface area contributed by atoms with Crippen molar-refractivity contribution in [3.05, 3.63) is 20.8 Å². The lowest BCUT2D eigenvalue weighted by Gasteiger charge is -2.27. The smallest absolute Gasteiger partial charge is 0.107 e. The van der Waals surface area contributed by atoms with Gasteiger partial charge in [0.15, 0.2) is 0 Å². The fraction of sp³-hybridized carbons (Fsp3) is 0.733. The molecule has 0 aliphatic heterocycles. The van der Waals surface area contributed by atoms with Crippen LogP contribution in [0.1, 0.15) is 56.4 Å². The number of nitrogens with two attached hydrogens (primary N) is 1. The zero-order valence-electron chi connectivity index (χ0n) is 11.6. The topological polar surface area (TPSA) is 35.2 Å². The van der Waals surface area contributed by atoms with E-state index in [1.54, 1.807) is 11.3 Å². The summed E-state index contributed by atoms with van der Waals surface area (Å²) < 4.78 is 7.33. The molecule has 0 bridgehead atoms. The molecule has 1 saturated carbocycles. The molecule has 2 unspecified atom stereocenters. The molecule has 2 rings (SSSR count). The van der Waals surface area contributed by atoms with Crippen LogP contribution in [0.3, 0.4) is 0 Å². The van der Waals surface area contributed by atoms with E-state index < -0.39 is 0 Å². The Bertz CT molecular complexity index is 376. The maximum Gasteiger partial charge on any atom is 0.107 e. The summed E-state index contributed by atoms with van der Waals surface area (Å²) in [7, 11) is 0. The van der Waals surface area contributed by atoms with Crippen molar-refractivity contribution in [1.29, 1.82) is 0 Å². The molecule has 0 saturated heterocycles. The van der Waals surface area contributed by atoms with E-state index in [1.165, 1.54) is 37.0 Å². The lowest BCUT2D eigenvalue weighted by Crippen LogP contribution is -2.30. The summed E-state index contributed by atoms with van der Waals surface area (Å²) in [5.74, 6) is 0.740. The normalized spacial score (nSPS) is 20.4. The molecule has 2 N–H and O–H groups in total. The Morgan fingerprint density at radius 2 is 2.16 bits per heavy atom. The molecule has 1 fully saturated rings. The van der Waals surface area contributed by atoms with E-state index in [0.717, 1.165) is 23.4 Å². The van der Waals surface area contributed by atoms with Crippen LogP contribution < -0.4 is 5.73 Å². The van der Waals surface area contributed by atoms with E-state index in [2.05, 4.69) is 34.3 Å². The molecule has 1 aromatic rings. The van der Waals surface area contributed by atoms with Gasteiger partial charge in [0.25, 0.3) is 0 Å². The summed E-state index contributed by atoms with van der Waals surface area (Å²) in [5, 5.41) is 2.11. The van der Waals surface area contributed by atoms with Gasteiger partial charge in [-0.05, 0) is 47.2 Å². The minimum atomic E-state index is 0.0585. The predicted molar refractivity (Wildman–Crippen MR) is 85.6 cm³/mol. The second-order valence-corrected chi connectivity index (χ2v) is 7.36. The highest BCUT2D eigenvalue weighted by Crippen LogP contribution is 2.32. The van der Waals surface area contributed by atoms with Crippen LogP contribution in [0.2, 0.25) is 0 Å². The Morgan fingerprint density at radius 1 is 1.42 bits per heavy atom. The van der Waals surface area contributed by atoms with Crippen LogP contribution in [0, 0.1) is 5.92 Å². The zero-order valence-corrected chi connectivity index (χ0v) is 14.0. The van der Waals surface area contributed by atoms with Gasteiger partial charge in [-0.15, -0.1) is 11.3 Å². The van der Waals surface area contributed by atoms with Gasteiger partial charge in [0.2, 0.25) is 0 Å². The van der Waals surface area contributed by atoms with Crippen LogP contribution in [-0.2, 0) is 4.74 Å². The van der Waals surface area contributed by atoms with Crippen molar-refractivity contribution in [2.45, 2.75) is 57.6 Å². The number of ether oxygens (including phenoxy) is 1. The monoisotopic (exact) mass is 345 g/mol. The van der Waals surface area contributed by atoms with E-state index in [1.807, 2.05) is 0 Å².